The first kappa shape index (κ1) is 20.4. The third-order valence-corrected chi connectivity index (χ3v) is 4.31. The van der Waals surface area contributed by atoms with E-state index in [1.807, 2.05) is 6.92 Å². The largest absolute Gasteiger partial charge is 0.394 e. The molecular weight excluding hydrogens is 262 g/mol. The predicted octanol–water partition coefficient (Wildman–Crippen LogP) is 4.53. The van der Waals surface area contributed by atoms with Crippen LogP contribution in [-0.4, -0.2) is 35.6 Å². The van der Waals surface area contributed by atoms with E-state index in [1.54, 1.807) is 11.9 Å². The Morgan fingerprint density at radius 2 is 1.33 bits per heavy atom. The zero-order valence-electron chi connectivity index (χ0n) is 14.6. The fourth-order valence-electron chi connectivity index (χ4n) is 2.49. The van der Waals surface area contributed by atoms with Crippen LogP contribution in [0.15, 0.2) is 0 Å². The van der Waals surface area contributed by atoms with Crippen LogP contribution in [0.1, 0.15) is 90.9 Å². The number of carbonyl (C=O) groups is 1. The van der Waals surface area contributed by atoms with E-state index in [9.17, 15) is 4.79 Å². The minimum atomic E-state index is -0.0646. The van der Waals surface area contributed by atoms with Crippen LogP contribution in [0.3, 0.4) is 0 Å². The van der Waals surface area contributed by atoms with Crippen molar-refractivity contribution < 1.29 is 9.90 Å². The normalized spacial score (nSPS) is 12.4. The number of amides is 1. The van der Waals surface area contributed by atoms with Crippen LogP contribution in [0.4, 0.5) is 0 Å². The van der Waals surface area contributed by atoms with Crippen molar-refractivity contribution >= 4 is 5.91 Å². The fourth-order valence-corrected chi connectivity index (χ4v) is 2.49. The molecule has 0 saturated carbocycles. The summed E-state index contributed by atoms with van der Waals surface area (Å²) in [6.07, 6.45) is 15.0. The van der Waals surface area contributed by atoms with Gasteiger partial charge in [0.25, 0.3) is 0 Å². The van der Waals surface area contributed by atoms with Crippen molar-refractivity contribution in [1.29, 1.82) is 0 Å². The summed E-state index contributed by atoms with van der Waals surface area (Å²) in [7, 11) is 1.78. The van der Waals surface area contributed by atoms with Crippen molar-refractivity contribution in [3.05, 3.63) is 0 Å². The number of hydrogen-bond donors (Lipinski definition) is 1. The molecule has 1 unspecified atom stereocenters. The number of hydrogen-bond acceptors (Lipinski definition) is 2. The minimum Gasteiger partial charge on any atom is -0.394 e. The SMILES string of the molecule is CCCCCCCCCCCCCC(=O)N(C)C(C)CO. The molecule has 0 aliphatic heterocycles. The number of nitrogens with zero attached hydrogens (tertiary/aromatic N) is 1. The van der Waals surface area contributed by atoms with Gasteiger partial charge in [0.2, 0.25) is 5.91 Å². The lowest BCUT2D eigenvalue weighted by Gasteiger charge is -2.23. The zero-order chi connectivity index (χ0) is 15.9. The van der Waals surface area contributed by atoms with Crippen LogP contribution in [-0.2, 0) is 4.79 Å². The van der Waals surface area contributed by atoms with E-state index < -0.39 is 0 Å². The second-order valence-corrected chi connectivity index (χ2v) is 6.32. The van der Waals surface area contributed by atoms with Gasteiger partial charge in [0.05, 0.1) is 12.6 Å². The molecule has 21 heavy (non-hydrogen) atoms. The maximum atomic E-state index is 11.8. The average molecular weight is 299 g/mol. The van der Waals surface area contributed by atoms with E-state index >= 15 is 0 Å². The summed E-state index contributed by atoms with van der Waals surface area (Å²) in [5.41, 5.74) is 0. The number of unbranched alkanes of at least 4 members (excludes halogenated alkanes) is 10. The van der Waals surface area contributed by atoms with Gasteiger partial charge >= 0.3 is 0 Å². The standard InChI is InChI=1S/C18H37NO2/c1-4-5-6-7-8-9-10-11-12-13-14-15-18(21)19(3)17(2)16-20/h17,20H,4-16H2,1-3H3. The smallest absolute Gasteiger partial charge is 0.222 e. The molecule has 0 aromatic heterocycles. The number of likely N-dealkylation sites (N-methyl/N-ethyl adjacent to an activating group) is 1. The molecule has 0 radical (unpaired) electrons. The molecule has 1 atom stereocenters. The first-order valence-electron chi connectivity index (χ1n) is 9.00. The highest BCUT2D eigenvalue weighted by atomic mass is 16.3. The van der Waals surface area contributed by atoms with Gasteiger partial charge in [-0.1, -0.05) is 71.1 Å². The molecule has 0 saturated heterocycles. The number of aliphatic hydroxyl groups excluding tert-OH is 1. The van der Waals surface area contributed by atoms with E-state index in [0.717, 1.165) is 12.8 Å². The lowest BCUT2D eigenvalue weighted by molar-refractivity contribution is -0.132. The van der Waals surface area contributed by atoms with Gasteiger partial charge in [-0.05, 0) is 13.3 Å². The molecule has 1 N–H and O–H groups in total. The second kappa shape index (κ2) is 14.4. The molecule has 126 valence electrons. The lowest BCUT2D eigenvalue weighted by atomic mass is 10.1. The van der Waals surface area contributed by atoms with Gasteiger partial charge in [0.15, 0.2) is 0 Å². The summed E-state index contributed by atoms with van der Waals surface area (Å²) in [6.45, 7) is 4.17. The molecule has 0 aromatic rings. The molecule has 3 heteroatoms. The van der Waals surface area contributed by atoms with E-state index in [0.29, 0.717) is 6.42 Å². The second-order valence-electron chi connectivity index (χ2n) is 6.32. The molecule has 0 aliphatic carbocycles. The third kappa shape index (κ3) is 11.7. The Kier molecular flexibility index (Phi) is 14.0. The molecule has 1 amide bonds. The molecule has 0 spiro atoms. The Bertz CT molecular complexity index is 243. The van der Waals surface area contributed by atoms with Crippen molar-refractivity contribution in [2.75, 3.05) is 13.7 Å². The van der Waals surface area contributed by atoms with Crippen LogP contribution in [0.5, 0.6) is 0 Å². The summed E-state index contributed by atoms with van der Waals surface area (Å²) in [6, 6.07) is -0.0646. The van der Waals surface area contributed by atoms with E-state index in [1.165, 1.54) is 57.8 Å². The first-order chi connectivity index (χ1) is 10.1. The highest BCUT2D eigenvalue weighted by Gasteiger charge is 2.13. The van der Waals surface area contributed by atoms with Crippen LogP contribution in [0, 0.1) is 0 Å². The quantitative estimate of drug-likeness (QED) is 0.479. The predicted molar refractivity (Wildman–Crippen MR) is 90.4 cm³/mol. The lowest BCUT2D eigenvalue weighted by Crippen LogP contribution is -2.37. The Morgan fingerprint density at radius 3 is 1.76 bits per heavy atom. The molecule has 0 aromatic carbocycles. The van der Waals surface area contributed by atoms with Gasteiger partial charge in [-0.3, -0.25) is 4.79 Å². The maximum Gasteiger partial charge on any atom is 0.222 e. The summed E-state index contributed by atoms with van der Waals surface area (Å²) in [5.74, 6) is 0.160. The molecule has 0 heterocycles. The highest BCUT2D eigenvalue weighted by molar-refractivity contribution is 5.76. The molecule has 3 nitrogen and oxygen atoms in total. The van der Waals surface area contributed by atoms with Gasteiger partial charge < -0.3 is 10.0 Å². The van der Waals surface area contributed by atoms with E-state index in [2.05, 4.69) is 6.92 Å². The Hall–Kier alpha value is -0.570. The molecule has 0 rings (SSSR count). The monoisotopic (exact) mass is 299 g/mol. The van der Waals surface area contributed by atoms with Crippen molar-refractivity contribution in [3.8, 4) is 0 Å². The molecular formula is C18H37NO2. The average Bonchev–Trinajstić information content (AvgIpc) is 2.50. The fraction of sp³-hybridized carbons (Fsp3) is 0.944. The van der Waals surface area contributed by atoms with Crippen molar-refractivity contribution in [2.45, 2.75) is 96.9 Å². The molecule has 0 bridgehead atoms. The highest BCUT2D eigenvalue weighted by Crippen LogP contribution is 2.12. The van der Waals surface area contributed by atoms with Gasteiger partial charge in [0.1, 0.15) is 0 Å². The third-order valence-electron chi connectivity index (χ3n) is 4.31. The van der Waals surface area contributed by atoms with Gasteiger partial charge in [-0.2, -0.15) is 0 Å². The molecule has 0 fully saturated rings. The summed E-state index contributed by atoms with van der Waals surface area (Å²) >= 11 is 0. The van der Waals surface area contributed by atoms with E-state index in [-0.39, 0.29) is 18.6 Å². The Balaban J connectivity index is 3.30. The Morgan fingerprint density at radius 1 is 0.905 bits per heavy atom. The van der Waals surface area contributed by atoms with Crippen LogP contribution >= 0.6 is 0 Å². The number of aliphatic hydroxyl groups is 1. The summed E-state index contributed by atoms with van der Waals surface area (Å²) in [5, 5.41) is 9.02. The van der Waals surface area contributed by atoms with Gasteiger partial charge in [-0.25, -0.2) is 0 Å². The molecule has 0 aliphatic rings. The van der Waals surface area contributed by atoms with Crippen LogP contribution in [0.25, 0.3) is 0 Å². The topological polar surface area (TPSA) is 40.5 Å². The zero-order valence-corrected chi connectivity index (χ0v) is 14.6. The van der Waals surface area contributed by atoms with Gasteiger partial charge in [-0.15, -0.1) is 0 Å². The van der Waals surface area contributed by atoms with Crippen molar-refractivity contribution in [3.63, 3.8) is 0 Å². The summed E-state index contributed by atoms with van der Waals surface area (Å²) < 4.78 is 0. The van der Waals surface area contributed by atoms with E-state index in [4.69, 9.17) is 5.11 Å². The van der Waals surface area contributed by atoms with Gasteiger partial charge in [0, 0.05) is 13.5 Å². The number of carbonyl (C=O) groups excluding carboxylic acids is 1. The van der Waals surface area contributed by atoms with Crippen LogP contribution in [0.2, 0.25) is 0 Å². The minimum absolute atomic E-state index is 0.0422. The maximum absolute atomic E-state index is 11.8. The van der Waals surface area contributed by atoms with Crippen molar-refractivity contribution in [1.82, 2.24) is 4.90 Å². The first-order valence-corrected chi connectivity index (χ1v) is 9.00. The Labute approximate surface area is 132 Å². The summed E-state index contributed by atoms with van der Waals surface area (Å²) in [4.78, 5) is 13.5. The number of rotatable bonds is 14. The van der Waals surface area contributed by atoms with Crippen molar-refractivity contribution in [2.24, 2.45) is 0 Å². The van der Waals surface area contributed by atoms with Crippen LogP contribution < -0.4 is 0 Å².